The maximum Gasteiger partial charge on any atom is 0.338 e. The van der Waals surface area contributed by atoms with Crippen LogP contribution in [-0.4, -0.2) is 17.1 Å². The van der Waals surface area contributed by atoms with Crippen LogP contribution in [0.3, 0.4) is 0 Å². The average molecular weight is 439 g/mol. The van der Waals surface area contributed by atoms with E-state index >= 15 is 0 Å². The number of hydrogen-bond acceptors (Lipinski definition) is 3. The minimum absolute atomic E-state index is 0.323. The van der Waals surface area contributed by atoms with Crippen LogP contribution in [0.15, 0.2) is 48.5 Å². The first-order chi connectivity index (χ1) is 14.3. The van der Waals surface area contributed by atoms with E-state index < -0.39 is 0 Å². The number of carbonyl (C=O) groups excluding carboxylic acids is 1. The summed E-state index contributed by atoms with van der Waals surface area (Å²) in [6.07, 6.45) is 1.81. The number of nitrogens with zero attached hydrogens (tertiary/aromatic N) is 2. The van der Waals surface area contributed by atoms with Gasteiger partial charge in [0, 0.05) is 27.7 Å². The van der Waals surface area contributed by atoms with Gasteiger partial charge >= 0.3 is 5.97 Å². The molecule has 0 amide bonds. The van der Waals surface area contributed by atoms with E-state index in [1.54, 1.807) is 37.3 Å². The Labute approximate surface area is 185 Å². The molecule has 0 unspecified atom stereocenters. The monoisotopic (exact) mass is 438 g/mol. The summed E-state index contributed by atoms with van der Waals surface area (Å²) >= 11 is 12.3. The molecule has 0 saturated heterocycles. The fourth-order valence-corrected chi connectivity index (χ4v) is 3.86. The van der Waals surface area contributed by atoms with Gasteiger partial charge in [-0.25, -0.2) is 4.79 Å². The van der Waals surface area contributed by atoms with Crippen LogP contribution in [0.1, 0.15) is 39.8 Å². The van der Waals surface area contributed by atoms with Crippen molar-refractivity contribution in [1.29, 1.82) is 5.26 Å². The Hall–Kier alpha value is -3.00. The molecule has 1 heterocycles. The first kappa shape index (κ1) is 21.7. The SMILES string of the molecule is CCOC(=O)c1cccc(-n2c(C)cc(/C=C(/C#N)c3ccc(Cl)cc3Cl)c2C)c1. The van der Waals surface area contributed by atoms with E-state index in [-0.39, 0.29) is 5.97 Å². The number of ether oxygens (including phenoxy) is 1. The van der Waals surface area contributed by atoms with Crippen LogP contribution >= 0.6 is 23.2 Å². The van der Waals surface area contributed by atoms with Crippen molar-refractivity contribution < 1.29 is 9.53 Å². The van der Waals surface area contributed by atoms with Crippen LogP contribution in [0, 0.1) is 25.2 Å². The molecule has 1 aromatic heterocycles. The Morgan fingerprint density at radius 1 is 1.17 bits per heavy atom. The molecule has 3 aromatic rings. The molecular weight excluding hydrogens is 419 g/mol. The molecule has 0 bridgehead atoms. The van der Waals surface area contributed by atoms with Crippen molar-refractivity contribution in [3.63, 3.8) is 0 Å². The van der Waals surface area contributed by atoms with Crippen molar-refractivity contribution in [2.24, 2.45) is 0 Å². The molecule has 0 aliphatic carbocycles. The molecule has 0 saturated carbocycles. The van der Waals surface area contributed by atoms with Gasteiger partial charge in [0.2, 0.25) is 0 Å². The molecule has 0 N–H and O–H groups in total. The third kappa shape index (κ3) is 4.43. The highest BCUT2D eigenvalue weighted by Crippen LogP contribution is 2.30. The van der Waals surface area contributed by atoms with Gasteiger partial charge in [0.05, 0.1) is 28.8 Å². The minimum atomic E-state index is -0.355. The molecular formula is C24H20Cl2N2O2. The molecule has 6 heteroatoms. The highest BCUT2D eigenvalue weighted by atomic mass is 35.5. The molecule has 30 heavy (non-hydrogen) atoms. The Balaban J connectivity index is 2.06. The number of carbonyl (C=O) groups is 1. The number of rotatable bonds is 5. The number of esters is 1. The normalized spacial score (nSPS) is 11.3. The van der Waals surface area contributed by atoms with E-state index in [1.165, 1.54) is 0 Å². The molecule has 2 aromatic carbocycles. The molecule has 152 valence electrons. The van der Waals surface area contributed by atoms with E-state index in [0.29, 0.717) is 33.4 Å². The average Bonchev–Trinajstić information content (AvgIpc) is 3.00. The second kappa shape index (κ2) is 9.21. The predicted molar refractivity (Wildman–Crippen MR) is 121 cm³/mol. The van der Waals surface area contributed by atoms with Gasteiger partial charge < -0.3 is 9.30 Å². The van der Waals surface area contributed by atoms with Gasteiger partial charge in [-0.15, -0.1) is 0 Å². The molecule has 0 radical (unpaired) electrons. The molecule has 3 rings (SSSR count). The zero-order valence-electron chi connectivity index (χ0n) is 16.9. The molecule has 0 aliphatic heterocycles. The van der Waals surface area contributed by atoms with Gasteiger partial charge in [0.1, 0.15) is 0 Å². The summed E-state index contributed by atoms with van der Waals surface area (Å²) in [4.78, 5) is 12.1. The van der Waals surface area contributed by atoms with Crippen LogP contribution in [-0.2, 0) is 4.74 Å². The largest absolute Gasteiger partial charge is 0.462 e. The summed E-state index contributed by atoms with van der Waals surface area (Å²) in [5, 5.41) is 10.6. The van der Waals surface area contributed by atoms with Gasteiger partial charge in [0.15, 0.2) is 0 Å². The number of aryl methyl sites for hydroxylation is 1. The standard InChI is InChI=1S/C24H20Cl2N2O2/c1-4-30-24(29)17-6-5-7-21(12-17)28-15(2)10-18(16(28)3)11-19(14-27)22-9-8-20(25)13-23(22)26/h5-13H,4H2,1-3H3/b19-11-. The van der Waals surface area contributed by atoms with Crippen LogP contribution in [0.5, 0.6) is 0 Å². The zero-order valence-corrected chi connectivity index (χ0v) is 18.4. The first-order valence-corrected chi connectivity index (χ1v) is 10.1. The summed E-state index contributed by atoms with van der Waals surface area (Å²) in [6.45, 7) is 6.04. The quantitative estimate of drug-likeness (QED) is 0.331. The fraction of sp³-hybridized carbons (Fsp3) is 0.167. The van der Waals surface area contributed by atoms with Crippen molar-refractivity contribution in [1.82, 2.24) is 4.57 Å². The molecule has 0 atom stereocenters. The van der Waals surface area contributed by atoms with E-state index in [1.807, 2.05) is 42.7 Å². The highest BCUT2D eigenvalue weighted by molar-refractivity contribution is 6.36. The summed E-state index contributed by atoms with van der Waals surface area (Å²) < 4.78 is 7.14. The summed E-state index contributed by atoms with van der Waals surface area (Å²) in [5.41, 5.74) is 5.19. The van der Waals surface area contributed by atoms with Gasteiger partial charge in [-0.2, -0.15) is 5.26 Å². The third-order valence-electron chi connectivity index (χ3n) is 4.73. The highest BCUT2D eigenvalue weighted by Gasteiger charge is 2.14. The predicted octanol–water partition coefficient (Wildman–Crippen LogP) is 6.64. The second-order valence-electron chi connectivity index (χ2n) is 6.73. The third-order valence-corrected chi connectivity index (χ3v) is 5.28. The van der Waals surface area contributed by atoms with Crippen molar-refractivity contribution in [3.8, 4) is 11.8 Å². The van der Waals surface area contributed by atoms with E-state index in [0.717, 1.165) is 22.6 Å². The molecule has 4 nitrogen and oxygen atoms in total. The summed E-state index contributed by atoms with van der Waals surface area (Å²) in [6, 6.07) is 16.6. The Kier molecular flexibility index (Phi) is 6.66. The molecule has 0 spiro atoms. The number of halogens is 2. The Morgan fingerprint density at radius 3 is 2.60 bits per heavy atom. The minimum Gasteiger partial charge on any atom is -0.462 e. The topological polar surface area (TPSA) is 55.0 Å². The number of benzene rings is 2. The van der Waals surface area contributed by atoms with Crippen molar-refractivity contribution >= 4 is 40.8 Å². The maximum absolute atomic E-state index is 12.1. The lowest BCUT2D eigenvalue weighted by atomic mass is 10.0. The van der Waals surface area contributed by atoms with Crippen molar-refractivity contribution in [2.75, 3.05) is 6.61 Å². The van der Waals surface area contributed by atoms with Gasteiger partial charge in [-0.1, -0.05) is 35.3 Å². The van der Waals surface area contributed by atoms with Crippen molar-refractivity contribution in [2.45, 2.75) is 20.8 Å². The number of hydrogen-bond donors (Lipinski definition) is 0. The fourth-order valence-electron chi connectivity index (χ4n) is 3.35. The summed E-state index contributed by atoms with van der Waals surface area (Å²) in [5.74, 6) is -0.355. The molecule has 0 fully saturated rings. The number of allylic oxidation sites excluding steroid dienone is 1. The van der Waals surface area contributed by atoms with Gasteiger partial charge in [-0.3, -0.25) is 0 Å². The van der Waals surface area contributed by atoms with Crippen LogP contribution in [0.25, 0.3) is 17.3 Å². The van der Waals surface area contributed by atoms with Crippen LogP contribution in [0.4, 0.5) is 0 Å². The van der Waals surface area contributed by atoms with Gasteiger partial charge in [0.25, 0.3) is 0 Å². The first-order valence-electron chi connectivity index (χ1n) is 9.39. The molecule has 0 aliphatic rings. The van der Waals surface area contributed by atoms with E-state index in [4.69, 9.17) is 27.9 Å². The lowest BCUT2D eigenvalue weighted by Gasteiger charge is -2.11. The smallest absolute Gasteiger partial charge is 0.338 e. The Bertz CT molecular complexity index is 1190. The van der Waals surface area contributed by atoms with Crippen LogP contribution < -0.4 is 0 Å². The lowest BCUT2D eigenvalue weighted by molar-refractivity contribution is 0.0526. The van der Waals surface area contributed by atoms with E-state index in [9.17, 15) is 10.1 Å². The van der Waals surface area contributed by atoms with E-state index in [2.05, 4.69) is 6.07 Å². The Morgan fingerprint density at radius 2 is 1.93 bits per heavy atom. The number of nitriles is 1. The van der Waals surface area contributed by atoms with Gasteiger partial charge in [-0.05, 0) is 68.8 Å². The zero-order chi connectivity index (χ0) is 21.8. The lowest BCUT2D eigenvalue weighted by Crippen LogP contribution is -2.06. The van der Waals surface area contributed by atoms with Crippen LogP contribution in [0.2, 0.25) is 10.0 Å². The van der Waals surface area contributed by atoms with Crippen molar-refractivity contribution in [3.05, 3.63) is 86.7 Å². The number of aromatic nitrogens is 1. The second-order valence-corrected chi connectivity index (χ2v) is 7.57. The maximum atomic E-state index is 12.1. The summed E-state index contributed by atoms with van der Waals surface area (Å²) in [7, 11) is 0.